The second kappa shape index (κ2) is 6.87. The molecule has 4 rings (SSSR count). The Balaban J connectivity index is 1.58. The lowest BCUT2D eigenvalue weighted by Crippen LogP contribution is -2.32. The van der Waals surface area contributed by atoms with E-state index in [2.05, 4.69) is 40.9 Å². The minimum atomic E-state index is -0.0522. The molecule has 0 aliphatic heterocycles. The van der Waals surface area contributed by atoms with Crippen molar-refractivity contribution in [1.82, 2.24) is 20.1 Å². The molecule has 0 saturated carbocycles. The van der Waals surface area contributed by atoms with Crippen LogP contribution in [0.15, 0.2) is 23.7 Å². The van der Waals surface area contributed by atoms with Crippen LogP contribution in [0.2, 0.25) is 0 Å². The Morgan fingerprint density at radius 3 is 2.89 bits per heavy atom. The summed E-state index contributed by atoms with van der Waals surface area (Å²) in [5.74, 6) is -0.0332. The van der Waals surface area contributed by atoms with Crippen LogP contribution < -0.4 is 5.32 Å². The fraction of sp³-hybridized carbons (Fsp3) is 0.450. The van der Waals surface area contributed by atoms with E-state index in [1.807, 2.05) is 30.6 Å². The molecule has 142 valence electrons. The van der Waals surface area contributed by atoms with Gasteiger partial charge < -0.3 is 5.32 Å². The van der Waals surface area contributed by atoms with Crippen LogP contribution in [-0.4, -0.2) is 20.7 Å². The number of aryl methyl sites for hydroxylation is 1. The first-order chi connectivity index (χ1) is 12.8. The van der Waals surface area contributed by atoms with Crippen molar-refractivity contribution < 1.29 is 4.79 Å². The molecule has 0 unspecified atom stereocenters. The molecule has 1 N–H and O–H groups in total. The highest BCUT2D eigenvalue weighted by Gasteiger charge is 2.30. The van der Waals surface area contributed by atoms with Crippen LogP contribution in [0.3, 0.4) is 0 Å². The van der Waals surface area contributed by atoms with Gasteiger partial charge in [-0.2, -0.15) is 5.10 Å². The van der Waals surface area contributed by atoms with Gasteiger partial charge in [0.15, 0.2) is 0 Å². The van der Waals surface area contributed by atoms with E-state index >= 15 is 0 Å². The molecule has 3 heterocycles. The van der Waals surface area contributed by atoms with Gasteiger partial charge in [-0.15, -0.1) is 22.7 Å². The highest BCUT2D eigenvalue weighted by atomic mass is 32.1. The molecule has 1 atom stereocenters. The third-order valence-electron chi connectivity index (χ3n) is 4.86. The van der Waals surface area contributed by atoms with E-state index in [0.29, 0.717) is 4.88 Å². The largest absolute Gasteiger partial charge is 0.344 e. The molecule has 0 bridgehead atoms. The Hall–Kier alpha value is -1.99. The van der Waals surface area contributed by atoms with Crippen molar-refractivity contribution in [3.05, 3.63) is 45.5 Å². The Morgan fingerprint density at radius 2 is 2.19 bits per heavy atom. The zero-order valence-corrected chi connectivity index (χ0v) is 17.7. The number of amides is 1. The van der Waals surface area contributed by atoms with E-state index in [1.54, 1.807) is 11.3 Å². The summed E-state index contributed by atoms with van der Waals surface area (Å²) in [6, 6.07) is 4.07. The Kier molecular flexibility index (Phi) is 4.68. The predicted molar refractivity (Wildman–Crippen MR) is 111 cm³/mol. The van der Waals surface area contributed by atoms with E-state index < -0.39 is 0 Å². The minimum Gasteiger partial charge on any atom is -0.344 e. The van der Waals surface area contributed by atoms with Crippen molar-refractivity contribution in [3.63, 3.8) is 0 Å². The summed E-state index contributed by atoms with van der Waals surface area (Å²) in [7, 11) is 0. The molecule has 1 amide bonds. The second-order valence-corrected chi connectivity index (χ2v) is 9.91. The number of hydrogen-bond acceptors (Lipinski definition) is 5. The van der Waals surface area contributed by atoms with Crippen LogP contribution in [0.4, 0.5) is 0 Å². The van der Waals surface area contributed by atoms with Crippen molar-refractivity contribution in [2.45, 2.75) is 58.5 Å². The topological polar surface area (TPSA) is 59.8 Å². The van der Waals surface area contributed by atoms with E-state index in [-0.39, 0.29) is 17.5 Å². The van der Waals surface area contributed by atoms with Crippen LogP contribution in [0.1, 0.15) is 66.3 Å². The summed E-state index contributed by atoms with van der Waals surface area (Å²) in [6.45, 7) is 8.40. The maximum Gasteiger partial charge on any atom is 0.263 e. The Bertz CT molecular complexity index is 963. The van der Waals surface area contributed by atoms with E-state index in [4.69, 9.17) is 0 Å². The van der Waals surface area contributed by atoms with Crippen LogP contribution in [0.5, 0.6) is 0 Å². The zero-order chi connectivity index (χ0) is 19.2. The summed E-state index contributed by atoms with van der Waals surface area (Å²) in [4.78, 5) is 19.4. The smallest absolute Gasteiger partial charge is 0.263 e. The van der Waals surface area contributed by atoms with E-state index in [0.717, 1.165) is 40.4 Å². The number of rotatable bonds is 3. The third-order valence-corrected chi connectivity index (χ3v) is 7.05. The molecule has 0 spiro atoms. The number of fused-ring (bicyclic) bond motifs is 1. The Labute approximate surface area is 167 Å². The number of thiophene rings is 1. The van der Waals surface area contributed by atoms with Gasteiger partial charge in [0, 0.05) is 11.3 Å². The average molecular weight is 401 g/mol. The normalized spacial score (nSPS) is 17.0. The number of thiazole rings is 1. The summed E-state index contributed by atoms with van der Waals surface area (Å²) >= 11 is 3.12. The quantitative estimate of drug-likeness (QED) is 0.677. The molecule has 5 nitrogen and oxygen atoms in total. The highest BCUT2D eigenvalue weighted by Crippen LogP contribution is 2.34. The first-order valence-electron chi connectivity index (χ1n) is 9.24. The molecule has 0 saturated heterocycles. The standard InChI is InChI=1S/C20H24N4OS2/c1-12-17(27-19(22-12)16-9-6-10-26-16)18(25)23-14-7-5-8-15-13(14)11-21-24(15)20(2,3)4/h6,9-11,14H,5,7-8H2,1-4H3,(H,23,25)/t14-/m1/s1. The number of hydrogen-bond donors (Lipinski definition) is 1. The fourth-order valence-electron chi connectivity index (χ4n) is 3.62. The molecular weight excluding hydrogens is 376 g/mol. The van der Waals surface area contributed by atoms with Crippen LogP contribution in [-0.2, 0) is 12.0 Å². The lowest BCUT2D eigenvalue weighted by Gasteiger charge is -2.28. The van der Waals surface area contributed by atoms with E-state index in [9.17, 15) is 4.79 Å². The first-order valence-corrected chi connectivity index (χ1v) is 10.9. The fourth-order valence-corrected chi connectivity index (χ4v) is 5.39. The van der Waals surface area contributed by atoms with Gasteiger partial charge in [0.05, 0.1) is 28.3 Å². The summed E-state index contributed by atoms with van der Waals surface area (Å²) in [6.07, 6.45) is 4.95. The van der Waals surface area contributed by atoms with Crippen molar-refractivity contribution in [2.75, 3.05) is 0 Å². The van der Waals surface area contributed by atoms with Gasteiger partial charge in [0.25, 0.3) is 5.91 Å². The van der Waals surface area contributed by atoms with Gasteiger partial charge in [0.2, 0.25) is 0 Å². The first kappa shape index (κ1) is 18.4. The van der Waals surface area contributed by atoms with Gasteiger partial charge in [-0.25, -0.2) is 4.98 Å². The molecule has 1 aliphatic carbocycles. The van der Waals surface area contributed by atoms with Gasteiger partial charge in [-0.05, 0) is 58.4 Å². The predicted octanol–water partition coefficient (Wildman–Crippen LogP) is 4.94. The lowest BCUT2D eigenvalue weighted by molar-refractivity contribution is 0.0936. The van der Waals surface area contributed by atoms with Gasteiger partial charge in [-0.1, -0.05) is 6.07 Å². The monoisotopic (exact) mass is 400 g/mol. The molecule has 3 aromatic heterocycles. The zero-order valence-electron chi connectivity index (χ0n) is 16.1. The average Bonchev–Trinajstić information content (AvgIpc) is 3.33. The lowest BCUT2D eigenvalue weighted by atomic mass is 9.92. The maximum atomic E-state index is 13.0. The molecule has 0 fully saturated rings. The van der Waals surface area contributed by atoms with Crippen LogP contribution in [0.25, 0.3) is 9.88 Å². The minimum absolute atomic E-state index is 0.0176. The van der Waals surface area contributed by atoms with Crippen LogP contribution >= 0.6 is 22.7 Å². The molecule has 1 aliphatic rings. The van der Waals surface area contributed by atoms with Crippen molar-refractivity contribution >= 4 is 28.6 Å². The number of nitrogens with zero attached hydrogens (tertiary/aromatic N) is 3. The number of aromatic nitrogens is 3. The number of carbonyl (C=O) groups excluding carboxylic acids is 1. The molecule has 7 heteroatoms. The second-order valence-electron chi connectivity index (χ2n) is 7.96. The molecule has 3 aromatic rings. The SMILES string of the molecule is Cc1nc(-c2cccs2)sc1C(=O)N[C@@H]1CCCc2c1cnn2C(C)(C)C. The number of nitrogens with one attached hydrogen (secondary N) is 1. The molecule has 27 heavy (non-hydrogen) atoms. The number of carbonyl (C=O) groups is 1. The van der Waals surface area contributed by atoms with Crippen molar-refractivity contribution in [2.24, 2.45) is 0 Å². The molecule has 0 aromatic carbocycles. The van der Waals surface area contributed by atoms with Crippen molar-refractivity contribution in [3.8, 4) is 9.88 Å². The summed E-state index contributed by atoms with van der Waals surface area (Å²) in [5, 5.41) is 10.8. The van der Waals surface area contributed by atoms with Gasteiger partial charge in [-0.3, -0.25) is 9.48 Å². The summed E-state index contributed by atoms with van der Waals surface area (Å²) in [5.41, 5.74) is 3.15. The van der Waals surface area contributed by atoms with E-state index in [1.165, 1.54) is 17.0 Å². The van der Waals surface area contributed by atoms with Gasteiger partial charge >= 0.3 is 0 Å². The van der Waals surface area contributed by atoms with Gasteiger partial charge in [0.1, 0.15) is 9.88 Å². The molecular formula is C20H24N4OS2. The molecule has 0 radical (unpaired) electrons. The Morgan fingerprint density at radius 1 is 1.37 bits per heavy atom. The third kappa shape index (κ3) is 3.46. The van der Waals surface area contributed by atoms with Crippen molar-refractivity contribution in [1.29, 1.82) is 0 Å². The summed E-state index contributed by atoms with van der Waals surface area (Å²) < 4.78 is 2.10. The maximum absolute atomic E-state index is 13.0. The van der Waals surface area contributed by atoms with Crippen LogP contribution in [0, 0.1) is 6.92 Å². The highest BCUT2D eigenvalue weighted by molar-refractivity contribution is 7.22.